The molecule has 5 nitrogen and oxygen atoms in total. The second-order valence-corrected chi connectivity index (χ2v) is 7.42. The Morgan fingerprint density at radius 3 is 2.67 bits per heavy atom. The maximum atomic E-state index is 12.9. The molecule has 1 atom stereocenters. The third-order valence-electron chi connectivity index (χ3n) is 5.50. The van der Waals surface area contributed by atoms with Crippen LogP contribution in [-0.4, -0.2) is 29.8 Å². The fourth-order valence-electron chi connectivity index (χ4n) is 4.07. The summed E-state index contributed by atoms with van der Waals surface area (Å²) in [5, 5.41) is 15.3. The summed E-state index contributed by atoms with van der Waals surface area (Å²) in [5.41, 5.74) is 5.10. The molecular formula is C21H26ClNO4. The van der Waals surface area contributed by atoms with E-state index in [1.54, 1.807) is 0 Å². The van der Waals surface area contributed by atoms with Gasteiger partial charge in [-0.05, 0) is 43.9 Å². The number of nitrogens with zero attached hydrogens (tertiary/aromatic N) is 1. The van der Waals surface area contributed by atoms with Crippen LogP contribution in [0.25, 0.3) is 0 Å². The van der Waals surface area contributed by atoms with E-state index < -0.39 is 0 Å². The molecule has 1 heterocycles. The fraction of sp³-hybridized carbons (Fsp3) is 0.524. The van der Waals surface area contributed by atoms with Gasteiger partial charge in [-0.3, -0.25) is 4.79 Å². The van der Waals surface area contributed by atoms with E-state index in [0.29, 0.717) is 42.4 Å². The van der Waals surface area contributed by atoms with Crippen molar-refractivity contribution < 1.29 is 19.5 Å². The average molecular weight is 392 g/mol. The summed E-state index contributed by atoms with van der Waals surface area (Å²) in [6, 6.07) is 0. The Balaban J connectivity index is 2.01. The zero-order valence-electron chi connectivity index (χ0n) is 16.3. The molecular weight excluding hydrogens is 366 g/mol. The first kappa shape index (κ1) is 19.7. The lowest BCUT2D eigenvalue weighted by molar-refractivity contribution is -0.116. The van der Waals surface area contributed by atoms with E-state index in [-0.39, 0.29) is 23.9 Å². The van der Waals surface area contributed by atoms with Gasteiger partial charge in [-0.25, -0.2) is 0 Å². The van der Waals surface area contributed by atoms with E-state index in [9.17, 15) is 9.90 Å². The van der Waals surface area contributed by atoms with Gasteiger partial charge in [0, 0.05) is 30.7 Å². The van der Waals surface area contributed by atoms with Gasteiger partial charge in [0.2, 0.25) is 0 Å². The van der Waals surface area contributed by atoms with Crippen molar-refractivity contribution in [1.82, 2.24) is 0 Å². The molecule has 0 saturated carbocycles. The number of oxime groups is 1. The van der Waals surface area contributed by atoms with Crippen molar-refractivity contribution in [2.45, 2.75) is 59.3 Å². The van der Waals surface area contributed by atoms with Crippen molar-refractivity contribution in [2.75, 3.05) is 13.2 Å². The number of fused-ring (bicyclic) bond motifs is 1. The normalized spacial score (nSPS) is 20.0. The van der Waals surface area contributed by atoms with Crippen LogP contribution < -0.4 is 4.74 Å². The third kappa shape index (κ3) is 3.45. The number of halogens is 1. The van der Waals surface area contributed by atoms with E-state index >= 15 is 0 Å². The number of aliphatic hydroxyl groups excluding tert-OH is 1. The maximum absolute atomic E-state index is 12.9. The summed E-state index contributed by atoms with van der Waals surface area (Å²) >= 11 is 6.68. The lowest BCUT2D eigenvalue weighted by atomic mass is 9.78. The van der Waals surface area contributed by atoms with Crippen molar-refractivity contribution in [3.8, 4) is 5.75 Å². The van der Waals surface area contributed by atoms with Gasteiger partial charge in [-0.15, -0.1) is 0 Å². The van der Waals surface area contributed by atoms with Crippen LogP contribution in [0.5, 0.6) is 5.75 Å². The molecule has 1 aromatic rings. The smallest absolute Gasteiger partial charge is 0.168 e. The van der Waals surface area contributed by atoms with E-state index in [1.807, 2.05) is 20.8 Å². The molecule has 0 bridgehead atoms. The Bertz CT molecular complexity index is 841. The molecule has 0 saturated heterocycles. The monoisotopic (exact) mass is 391 g/mol. The van der Waals surface area contributed by atoms with Gasteiger partial charge in [0.05, 0.1) is 22.9 Å². The molecule has 6 heteroatoms. The van der Waals surface area contributed by atoms with Gasteiger partial charge in [0.1, 0.15) is 18.1 Å². The van der Waals surface area contributed by atoms with Crippen molar-refractivity contribution in [3.63, 3.8) is 0 Å². The van der Waals surface area contributed by atoms with Crippen molar-refractivity contribution in [3.05, 3.63) is 38.6 Å². The molecule has 0 spiro atoms. The Hall–Kier alpha value is -2.01. The lowest BCUT2D eigenvalue weighted by Gasteiger charge is -2.27. The minimum absolute atomic E-state index is 0.0612. The molecule has 2 aliphatic rings. The topological polar surface area (TPSA) is 68.1 Å². The first-order valence-corrected chi connectivity index (χ1v) is 9.87. The van der Waals surface area contributed by atoms with Gasteiger partial charge >= 0.3 is 0 Å². The minimum Gasteiger partial charge on any atom is -0.511 e. The predicted molar refractivity (Wildman–Crippen MR) is 106 cm³/mol. The zero-order chi connectivity index (χ0) is 19.7. The highest BCUT2D eigenvalue weighted by molar-refractivity contribution is 6.33. The fourth-order valence-corrected chi connectivity index (χ4v) is 4.53. The molecule has 146 valence electrons. The summed E-state index contributed by atoms with van der Waals surface area (Å²) in [7, 11) is 0. The second-order valence-electron chi connectivity index (χ2n) is 7.04. The number of allylic oxidation sites excluding steroid dienone is 2. The van der Waals surface area contributed by atoms with Crippen LogP contribution >= 0.6 is 11.6 Å². The van der Waals surface area contributed by atoms with Gasteiger partial charge in [-0.2, -0.15) is 0 Å². The average Bonchev–Trinajstić information content (AvgIpc) is 3.12. The molecule has 0 radical (unpaired) electrons. The number of rotatable bonds is 5. The summed E-state index contributed by atoms with van der Waals surface area (Å²) in [6.07, 6.45) is 2.00. The first-order chi connectivity index (χ1) is 12.9. The highest BCUT2D eigenvalue weighted by Crippen LogP contribution is 2.47. The molecule has 1 unspecified atom stereocenters. The molecule has 3 rings (SSSR count). The van der Waals surface area contributed by atoms with Gasteiger partial charge in [0.15, 0.2) is 5.78 Å². The molecule has 1 N–H and O–H groups in total. The predicted octanol–water partition coefficient (Wildman–Crippen LogP) is 4.95. The number of hydrogen-bond acceptors (Lipinski definition) is 5. The first-order valence-electron chi connectivity index (χ1n) is 9.49. The number of ketones is 1. The lowest BCUT2D eigenvalue weighted by Crippen LogP contribution is -2.24. The van der Waals surface area contributed by atoms with Crippen molar-refractivity contribution in [1.29, 1.82) is 0 Å². The molecule has 1 aromatic carbocycles. The molecule has 0 amide bonds. The number of hydrogen-bond donors (Lipinski definition) is 1. The Morgan fingerprint density at radius 1 is 1.30 bits per heavy atom. The second kappa shape index (κ2) is 7.93. The van der Waals surface area contributed by atoms with Crippen LogP contribution in [0.1, 0.15) is 61.3 Å². The Morgan fingerprint density at radius 2 is 2.04 bits per heavy atom. The number of carbonyl (C=O) groups is 1. The quantitative estimate of drug-likeness (QED) is 0.569. The standard InChI is InChI=1S/C21H26ClNO4/c1-5-15(23-27-6-2)19-16(24)9-13(10-17(19)25)18-12(4)11(3)14-7-8-26-21(14)20(18)22/h13,24H,5-10H2,1-4H3/b23-15-. The Kier molecular flexibility index (Phi) is 5.80. The van der Waals surface area contributed by atoms with E-state index in [0.717, 1.165) is 34.4 Å². The number of benzene rings is 1. The maximum Gasteiger partial charge on any atom is 0.168 e. The Labute approximate surface area is 165 Å². The molecule has 27 heavy (non-hydrogen) atoms. The molecule has 1 aliphatic carbocycles. The highest BCUT2D eigenvalue weighted by Gasteiger charge is 2.35. The number of aliphatic hydroxyl groups is 1. The van der Waals surface area contributed by atoms with E-state index in [4.69, 9.17) is 21.2 Å². The van der Waals surface area contributed by atoms with Crippen LogP contribution in [0.2, 0.25) is 5.02 Å². The van der Waals surface area contributed by atoms with Crippen LogP contribution in [-0.2, 0) is 16.1 Å². The summed E-state index contributed by atoms with van der Waals surface area (Å²) in [6.45, 7) is 8.86. The van der Waals surface area contributed by atoms with Crippen LogP contribution in [0.4, 0.5) is 0 Å². The molecule has 0 fully saturated rings. The summed E-state index contributed by atoms with van der Waals surface area (Å²) < 4.78 is 5.74. The van der Waals surface area contributed by atoms with Crippen LogP contribution in [0, 0.1) is 13.8 Å². The van der Waals surface area contributed by atoms with Crippen LogP contribution in [0.15, 0.2) is 16.5 Å². The SMILES string of the molecule is CCO/N=C(/CC)C1=C(O)CC(c2c(C)c(C)c3c(c2Cl)OCC3)CC1=O. The van der Waals surface area contributed by atoms with Crippen molar-refractivity contribution >= 4 is 23.1 Å². The largest absolute Gasteiger partial charge is 0.511 e. The van der Waals surface area contributed by atoms with Gasteiger partial charge in [-0.1, -0.05) is 23.7 Å². The summed E-state index contributed by atoms with van der Waals surface area (Å²) in [5.74, 6) is 0.500. The zero-order valence-corrected chi connectivity index (χ0v) is 17.1. The van der Waals surface area contributed by atoms with E-state index in [1.165, 1.54) is 0 Å². The van der Waals surface area contributed by atoms with Gasteiger partial charge < -0.3 is 14.7 Å². The van der Waals surface area contributed by atoms with Crippen LogP contribution in [0.3, 0.4) is 0 Å². The summed E-state index contributed by atoms with van der Waals surface area (Å²) in [4.78, 5) is 18.0. The minimum atomic E-state index is -0.174. The van der Waals surface area contributed by atoms with Gasteiger partial charge in [0.25, 0.3) is 0 Å². The third-order valence-corrected chi connectivity index (χ3v) is 5.88. The number of carbonyl (C=O) groups excluding carboxylic acids is 1. The van der Waals surface area contributed by atoms with Crippen molar-refractivity contribution in [2.24, 2.45) is 5.16 Å². The number of ether oxygens (including phenoxy) is 1. The number of Topliss-reactive ketones (excluding diaryl/α,β-unsaturated/α-hetero) is 1. The molecule has 0 aromatic heterocycles. The highest BCUT2D eigenvalue weighted by atomic mass is 35.5. The molecule has 1 aliphatic heterocycles. The van der Waals surface area contributed by atoms with E-state index in [2.05, 4.69) is 12.1 Å².